The topological polar surface area (TPSA) is 86.8 Å². The van der Waals surface area contributed by atoms with Crippen LogP contribution in [-0.4, -0.2) is 30.6 Å². The Morgan fingerprint density at radius 2 is 1.92 bits per heavy atom. The van der Waals surface area contributed by atoms with Crippen LogP contribution in [-0.2, 0) is 22.7 Å². The summed E-state index contributed by atoms with van der Waals surface area (Å²) in [5.74, 6) is 0.0166. The number of carbonyl (C=O) groups is 2. The first-order valence-electron chi connectivity index (χ1n) is 12.5. The van der Waals surface area contributed by atoms with Crippen molar-refractivity contribution < 1.29 is 28.2 Å². The minimum atomic E-state index is -0.493. The third-order valence-corrected chi connectivity index (χ3v) is 6.07. The van der Waals surface area contributed by atoms with Gasteiger partial charge in [0.25, 0.3) is 5.91 Å². The smallest absolute Gasteiger partial charge is 0.306 e. The van der Waals surface area contributed by atoms with Gasteiger partial charge in [-0.05, 0) is 67.1 Å². The largest absolute Gasteiger partial charge is 0.494 e. The number of aromatic nitrogens is 1. The first-order valence-corrected chi connectivity index (χ1v) is 12.5. The van der Waals surface area contributed by atoms with E-state index in [0.29, 0.717) is 53.5 Å². The van der Waals surface area contributed by atoms with Crippen molar-refractivity contribution in [2.24, 2.45) is 5.92 Å². The maximum Gasteiger partial charge on any atom is 0.306 e. The fraction of sp³-hybridized carbons (Fsp3) is 0.345. The van der Waals surface area contributed by atoms with Gasteiger partial charge in [0.2, 0.25) is 0 Å². The Morgan fingerprint density at radius 1 is 1.11 bits per heavy atom. The number of carbonyl (C=O) groups excluding carboxylic acids is 2. The highest BCUT2D eigenvalue weighted by Gasteiger charge is 2.24. The summed E-state index contributed by atoms with van der Waals surface area (Å²) < 4.78 is 30.4. The van der Waals surface area contributed by atoms with Crippen molar-refractivity contribution in [3.8, 4) is 22.8 Å². The van der Waals surface area contributed by atoms with Crippen LogP contribution in [0.4, 0.5) is 4.39 Å². The number of methoxy groups -OCH3 is 1. The number of ether oxygens (including phenoxy) is 3. The lowest BCUT2D eigenvalue weighted by Gasteiger charge is -2.15. The molecule has 1 aliphatic carbocycles. The first-order chi connectivity index (χ1) is 18.0. The molecular weight excluding hydrogens is 475 g/mol. The Hall–Kier alpha value is -3.94. The van der Waals surface area contributed by atoms with Gasteiger partial charge in [-0.15, -0.1) is 0 Å². The van der Waals surface area contributed by atoms with Crippen LogP contribution in [0, 0.1) is 11.7 Å². The van der Waals surface area contributed by atoms with Gasteiger partial charge in [0.05, 0.1) is 25.0 Å². The molecule has 194 valence electrons. The van der Waals surface area contributed by atoms with Crippen LogP contribution in [0.25, 0.3) is 11.3 Å². The molecule has 1 aromatic heterocycles. The molecule has 1 aliphatic rings. The van der Waals surface area contributed by atoms with E-state index in [4.69, 9.17) is 14.2 Å². The second-order valence-electron chi connectivity index (χ2n) is 9.04. The SMILES string of the molecule is CCCC(=O)OCc1cccnc1-c1ccc(OCC2CC2)c(C(=O)NCc2ccc(OC)c(F)c2)c1. The van der Waals surface area contributed by atoms with Gasteiger partial charge in [0.1, 0.15) is 12.4 Å². The molecule has 0 atom stereocenters. The lowest BCUT2D eigenvalue weighted by atomic mass is 10.0. The van der Waals surface area contributed by atoms with Gasteiger partial charge in [-0.2, -0.15) is 0 Å². The van der Waals surface area contributed by atoms with E-state index in [1.54, 1.807) is 30.5 Å². The Kier molecular flexibility index (Phi) is 8.72. The molecule has 3 aromatic rings. The zero-order chi connectivity index (χ0) is 26.2. The third-order valence-electron chi connectivity index (χ3n) is 6.07. The van der Waals surface area contributed by atoms with Crippen LogP contribution in [0.15, 0.2) is 54.7 Å². The van der Waals surface area contributed by atoms with E-state index >= 15 is 0 Å². The van der Waals surface area contributed by atoms with E-state index in [2.05, 4.69) is 10.3 Å². The summed E-state index contributed by atoms with van der Waals surface area (Å²) in [5, 5.41) is 2.85. The summed E-state index contributed by atoms with van der Waals surface area (Å²) >= 11 is 0. The molecule has 7 nitrogen and oxygen atoms in total. The van der Waals surface area contributed by atoms with Crippen LogP contribution < -0.4 is 14.8 Å². The number of pyridine rings is 1. The quantitative estimate of drug-likeness (QED) is 0.329. The summed E-state index contributed by atoms with van der Waals surface area (Å²) in [6.07, 6.45) is 4.96. The molecule has 0 spiro atoms. The van der Waals surface area contributed by atoms with Crippen LogP contribution in [0.3, 0.4) is 0 Å². The minimum Gasteiger partial charge on any atom is -0.494 e. The predicted molar refractivity (Wildman–Crippen MR) is 137 cm³/mol. The molecule has 1 amide bonds. The van der Waals surface area contributed by atoms with Crippen molar-refractivity contribution in [1.29, 1.82) is 0 Å². The molecule has 0 saturated heterocycles. The van der Waals surface area contributed by atoms with E-state index in [9.17, 15) is 14.0 Å². The Labute approximate surface area is 216 Å². The molecule has 37 heavy (non-hydrogen) atoms. The number of benzene rings is 2. The number of rotatable bonds is 12. The molecule has 0 radical (unpaired) electrons. The second kappa shape index (κ2) is 12.3. The van der Waals surface area contributed by atoms with Crippen molar-refractivity contribution in [2.45, 2.75) is 45.8 Å². The van der Waals surface area contributed by atoms with Crippen molar-refractivity contribution >= 4 is 11.9 Å². The minimum absolute atomic E-state index is 0.0898. The van der Waals surface area contributed by atoms with Crippen molar-refractivity contribution in [3.05, 3.63) is 77.2 Å². The highest BCUT2D eigenvalue weighted by Crippen LogP contribution is 2.32. The highest BCUT2D eigenvalue weighted by molar-refractivity contribution is 5.98. The van der Waals surface area contributed by atoms with Crippen molar-refractivity contribution in [1.82, 2.24) is 10.3 Å². The molecule has 0 aliphatic heterocycles. The van der Waals surface area contributed by atoms with Gasteiger partial charge in [-0.25, -0.2) is 4.39 Å². The maximum atomic E-state index is 14.1. The maximum absolute atomic E-state index is 14.1. The standard InChI is InChI=1S/C29H31FN2O5/c1-3-5-27(33)37-18-22-6-4-13-31-28(22)21-10-12-25(36-17-19-7-8-19)23(15-21)29(34)32-16-20-9-11-26(35-2)24(30)14-20/h4,6,9-15,19H,3,5,7-8,16-18H2,1-2H3,(H,32,34). The lowest BCUT2D eigenvalue weighted by Crippen LogP contribution is -2.24. The number of amides is 1. The van der Waals surface area contributed by atoms with E-state index < -0.39 is 5.82 Å². The molecule has 1 heterocycles. The molecule has 0 bridgehead atoms. The molecule has 1 fully saturated rings. The molecule has 8 heteroatoms. The fourth-order valence-electron chi connectivity index (χ4n) is 3.82. The number of halogens is 1. The fourth-order valence-corrected chi connectivity index (χ4v) is 3.82. The van der Waals surface area contributed by atoms with Gasteiger partial charge in [0, 0.05) is 30.3 Å². The van der Waals surface area contributed by atoms with Crippen LogP contribution in [0.1, 0.15) is 54.1 Å². The highest BCUT2D eigenvalue weighted by atomic mass is 19.1. The predicted octanol–water partition coefficient (Wildman–Crippen LogP) is 5.46. The van der Waals surface area contributed by atoms with Gasteiger partial charge in [-0.3, -0.25) is 14.6 Å². The lowest BCUT2D eigenvalue weighted by molar-refractivity contribution is -0.144. The summed E-state index contributed by atoms with van der Waals surface area (Å²) in [6.45, 7) is 2.69. The van der Waals surface area contributed by atoms with Crippen LogP contribution >= 0.6 is 0 Å². The van der Waals surface area contributed by atoms with Gasteiger partial charge in [0.15, 0.2) is 11.6 Å². The molecule has 2 aromatic carbocycles. The van der Waals surface area contributed by atoms with Crippen LogP contribution in [0.5, 0.6) is 11.5 Å². The Balaban J connectivity index is 1.56. The van der Waals surface area contributed by atoms with Gasteiger partial charge < -0.3 is 19.5 Å². The molecule has 1 saturated carbocycles. The van der Waals surface area contributed by atoms with Gasteiger partial charge in [-0.1, -0.05) is 19.1 Å². The second-order valence-corrected chi connectivity index (χ2v) is 9.04. The van der Waals surface area contributed by atoms with E-state index in [1.165, 1.54) is 19.2 Å². The summed E-state index contributed by atoms with van der Waals surface area (Å²) in [4.78, 5) is 29.6. The van der Waals surface area contributed by atoms with E-state index in [-0.39, 0.29) is 30.8 Å². The molecular formula is C29H31FN2O5. The van der Waals surface area contributed by atoms with E-state index in [1.807, 2.05) is 19.1 Å². The first kappa shape index (κ1) is 26.1. The molecule has 1 N–H and O–H groups in total. The Morgan fingerprint density at radius 3 is 2.65 bits per heavy atom. The summed E-state index contributed by atoms with van der Waals surface area (Å²) in [7, 11) is 1.40. The third kappa shape index (κ3) is 7.06. The Bertz CT molecular complexity index is 1260. The van der Waals surface area contributed by atoms with Gasteiger partial charge >= 0.3 is 5.97 Å². The zero-order valence-corrected chi connectivity index (χ0v) is 21.1. The summed E-state index contributed by atoms with van der Waals surface area (Å²) in [6, 6.07) is 13.5. The number of esters is 1. The van der Waals surface area contributed by atoms with E-state index in [0.717, 1.165) is 18.4 Å². The number of nitrogens with zero attached hydrogens (tertiary/aromatic N) is 1. The van der Waals surface area contributed by atoms with Crippen LogP contribution in [0.2, 0.25) is 0 Å². The number of hydrogen-bond donors (Lipinski definition) is 1. The average molecular weight is 507 g/mol. The average Bonchev–Trinajstić information content (AvgIpc) is 3.74. The monoisotopic (exact) mass is 506 g/mol. The zero-order valence-electron chi connectivity index (χ0n) is 21.1. The number of hydrogen-bond acceptors (Lipinski definition) is 6. The normalized spacial score (nSPS) is 12.6. The molecule has 4 rings (SSSR count). The number of nitrogens with one attached hydrogen (secondary N) is 1. The van der Waals surface area contributed by atoms with Crippen molar-refractivity contribution in [3.63, 3.8) is 0 Å². The van der Waals surface area contributed by atoms with Crippen molar-refractivity contribution in [2.75, 3.05) is 13.7 Å². The molecule has 0 unspecified atom stereocenters. The summed E-state index contributed by atoms with van der Waals surface area (Å²) in [5.41, 5.74) is 3.00.